The van der Waals surface area contributed by atoms with E-state index < -0.39 is 0 Å². The molecule has 1 aromatic heterocycles. The molecule has 1 atom stereocenters. The van der Waals surface area contributed by atoms with Crippen LogP contribution in [0.4, 0.5) is 6.01 Å². The van der Waals surface area contributed by atoms with Gasteiger partial charge in [0, 0.05) is 12.6 Å². The highest BCUT2D eigenvalue weighted by molar-refractivity contribution is 5.77. The average Bonchev–Trinajstić information content (AvgIpc) is 2.62. The molecular weight excluding hydrogens is 190 g/mol. The molecule has 0 radical (unpaired) electrons. The van der Waals surface area contributed by atoms with Crippen molar-refractivity contribution in [1.82, 2.24) is 4.98 Å². The van der Waals surface area contributed by atoms with Gasteiger partial charge in [-0.1, -0.05) is 12.1 Å². The summed E-state index contributed by atoms with van der Waals surface area (Å²) >= 11 is 0. The van der Waals surface area contributed by atoms with Crippen molar-refractivity contribution in [3.05, 3.63) is 23.8 Å². The van der Waals surface area contributed by atoms with Crippen molar-refractivity contribution in [1.29, 1.82) is 0 Å². The number of hydrogen-bond donors (Lipinski definition) is 2. The third kappa shape index (κ3) is 1.94. The van der Waals surface area contributed by atoms with Crippen molar-refractivity contribution in [3.8, 4) is 0 Å². The van der Waals surface area contributed by atoms with Crippen molar-refractivity contribution in [3.63, 3.8) is 0 Å². The van der Waals surface area contributed by atoms with Crippen LogP contribution in [0.3, 0.4) is 0 Å². The molecule has 15 heavy (non-hydrogen) atoms. The summed E-state index contributed by atoms with van der Waals surface area (Å²) in [5.41, 5.74) is 8.34. The Kier molecular flexibility index (Phi) is 2.60. The lowest BCUT2D eigenvalue weighted by atomic mass is 10.2. The van der Waals surface area contributed by atoms with Crippen LogP contribution in [0.5, 0.6) is 0 Å². The second kappa shape index (κ2) is 3.90. The summed E-state index contributed by atoms with van der Waals surface area (Å²) in [7, 11) is 0. The van der Waals surface area contributed by atoms with E-state index in [2.05, 4.69) is 10.3 Å². The normalized spacial score (nSPS) is 13.0. The number of hydrogen-bond acceptors (Lipinski definition) is 4. The van der Waals surface area contributed by atoms with Crippen LogP contribution in [0.15, 0.2) is 22.6 Å². The van der Waals surface area contributed by atoms with Crippen molar-refractivity contribution in [2.45, 2.75) is 19.9 Å². The first-order valence-corrected chi connectivity index (χ1v) is 5.03. The highest BCUT2D eigenvalue weighted by Gasteiger charge is 2.08. The summed E-state index contributed by atoms with van der Waals surface area (Å²) in [6.45, 7) is 4.56. The van der Waals surface area contributed by atoms with E-state index in [1.165, 1.54) is 0 Å². The van der Waals surface area contributed by atoms with E-state index in [1.54, 1.807) is 0 Å². The Morgan fingerprint density at radius 3 is 3.00 bits per heavy atom. The maximum Gasteiger partial charge on any atom is 0.295 e. The largest absolute Gasteiger partial charge is 0.424 e. The molecule has 2 aromatic rings. The molecule has 1 unspecified atom stereocenters. The molecule has 3 N–H and O–H groups in total. The minimum Gasteiger partial charge on any atom is -0.424 e. The molecule has 4 nitrogen and oxygen atoms in total. The lowest BCUT2D eigenvalue weighted by Crippen LogP contribution is -2.25. The second-order valence-corrected chi connectivity index (χ2v) is 3.72. The maximum atomic E-state index is 5.54. The minimum atomic E-state index is 0.165. The van der Waals surface area contributed by atoms with Gasteiger partial charge in [0.15, 0.2) is 5.58 Å². The Hall–Kier alpha value is -1.55. The fourth-order valence-corrected chi connectivity index (χ4v) is 1.42. The van der Waals surface area contributed by atoms with Crippen molar-refractivity contribution in [2.75, 3.05) is 11.9 Å². The number of nitrogens with one attached hydrogen (secondary N) is 1. The van der Waals surface area contributed by atoms with Gasteiger partial charge in [0.2, 0.25) is 0 Å². The van der Waals surface area contributed by atoms with E-state index in [4.69, 9.17) is 10.2 Å². The third-order valence-corrected chi connectivity index (χ3v) is 2.34. The van der Waals surface area contributed by atoms with Crippen LogP contribution in [0.25, 0.3) is 11.1 Å². The molecule has 0 amide bonds. The Morgan fingerprint density at radius 2 is 2.33 bits per heavy atom. The predicted octanol–water partition coefficient (Wildman–Crippen LogP) is 1.90. The number of fused-ring (bicyclic) bond motifs is 1. The van der Waals surface area contributed by atoms with Crippen LogP contribution < -0.4 is 11.1 Å². The van der Waals surface area contributed by atoms with Crippen molar-refractivity contribution >= 4 is 17.1 Å². The molecule has 80 valence electrons. The molecule has 0 aliphatic carbocycles. The number of rotatable bonds is 3. The zero-order chi connectivity index (χ0) is 10.8. The highest BCUT2D eigenvalue weighted by Crippen LogP contribution is 2.21. The van der Waals surface area contributed by atoms with Gasteiger partial charge in [-0.25, -0.2) is 0 Å². The molecule has 0 saturated carbocycles. The Morgan fingerprint density at radius 1 is 1.53 bits per heavy atom. The summed E-state index contributed by atoms with van der Waals surface area (Å²) < 4.78 is 5.54. The molecule has 0 aliphatic heterocycles. The molecule has 1 aromatic carbocycles. The topological polar surface area (TPSA) is 64.1 Å². The van der Waals surface area contributed by atoms with Crippen LogP contribution in [0.1, 0.15) is 12.5 Å². The molecule has 1 heterocycles. The van der Waals surface area contributed by atoms with Gasteiger partial charge in [-0.3, -0.25) is 0 Å². The molecule has 4 heteroatoms. The highest BCUT2D eigenvalue weighted by atomic mass is 16.4. The lowest BCUT2D eigenvalue weighted by Gasteiger charge is -2.07. The predicted molar refractivity (Wildman–Crippen MR) is 60.9 cm³/mol. The average molecular weight is 205 g/mol. The summed E-state index contributed by atoms with van der Waals surface area (Å²) in [6.07, 6.45) is 0. The van der Waals surface area contributed by atoms with Gasteiger partial charge >= 0.3 is 0 Å². The van der Waals surface area contributed by atoms with Crippen LogP contribution in [0.2, 0.25) is 0 Å². The fraction of sp³-hybridized carbons (Fsp3) is 0.364. The number of benzene rings is 1. The van der Waals surface area contributed by atoms with E-state index in [0.29, 0.717) is 12.6 Å². The van der Waals surface area contributed by atoms with E-state index in [0.717, 1.165) is 16.7 Å². The molecule has 2 rings (SSSR count). The van der Waals surface area contributed by atoms with E-state index in [1.807, 2.05) is 32.0 Å². The number of aryl methyl sites for hydroxylation is 1. The first-order chi connectivity index (χ1) is 7.20. The van der Waals surface area contributed by atoms with Crippen LogP contribution >= 0.6 is 0 Å². The van der Waals surface area contributed by atoms with Crippen LogP contribution in [-0.2, 0) is 0 Å². The van der Waals surface area contributed by atoms with Gasteiger partial charge in [-0.2, -0.15) is 4.98 Å². The molecule has 0 spiro atoms. The molecule has 0 saturated heterocycles. The number of nitrogens with two attached hydrogens (primary N) is 1. The third-order valence-electron chi connectivity index (χ3n) is 2.34. The maximum absolute atomic E-state index is 5.54. The minimum absolute atomic E-state index is 0.165. The van der Waals surface area contributed by atoms with Gasteiger partial charge < -0.3 is 15.5 Å². The molecule has 0 fully saturated rings. The smallest absolute Gasteiger partial charge is 0.295 e. The Bertz CT molecular complexity index is 464. The second-order valence-electron chi connectivity index (χ2n) is 3.72. The van der Waals surface area contributed by atoms with E-state index in [-0.39, 0.29) is 6.04 Å². The van der Waals surface area contributed by atoms with Gasteiger partial charge in [-0.05, 0) is 25.5 Å². The number of oxazole rings is 1. The summed E-state index contributed by atoms with van der Waals surface area (Å²) in [4.78, 5) is 4.37. The van der Waals surface area contributed by atoms with Gasteiger partial charge in [0.25, 0.3) is 6.01 Å². The molecular formula is C11H15N3O. The van der Waals surface area contributed by atoms with Crippen LogP contribution in [-0.4, -0.2) is 17.6 Å². The quantitative estimate of drug-likeness (QED) is 0.803. The van der Waals surface area contributed by atoms with Gasteiger partial charge in [0.05, 0.1) is 0 Å². The van der Waals surface area contributed by atoms with Gasteiger partial charge in [-0.15, -0.1) is 0 Å². The first-order valence-electron chi connectivity index (χ1n) is 5.03. The summed E-state index contributed by atoms with van der Waals surface area (Å²) in [6, 6.07) is 6.59. The van der Waals surface area contributed by atoms with Crippen LogP contribution in [0, 0.1) is 6.92 Å². The summed E-state index contributed by atoms with van der Waals surface area (Å²) in [5.74, 6) is 0. The zero-order valence-corrected chi connectivity index (χ0v) is 8.95. The van der Waals surface area contributed by atoms with Crippen molar-refractivity contribution in [2.24, 2.45) is 5.73 Å². The summed E-state index contributed by atoms with van der Waals surface area (Å²) in [5, 5.41) is 3.11. The zero-order valence-electron chi connectivity index (χ0n) is 8.95. The van der Waals surface area contributed by atoms with E-state index >= 15 is 0 Å². The number of anilines is 1. The standard InChI is InChI=1S/C11H15N3O/c1-7-4-3-5-9-10(7)14-11(15-9)13-8(2)6-12/h3-5,8H,6,12H2,1-2H3,(H,13,14). The SMILES string of the molecule is Cc1cccc2oc(NC(C)CN)nc12. The lowest BCUT2D eigenvalue weighted by molar-refractivity contribution is 0.600. The Labute approximate surface area is 88.5 Å². The monoisotopic (exact) mass is 205 g/mol. The van der Waals surface area contributed by atoms with Crippen molar-refractivity contribution < 1.29 is 4.42 Å². The van der Waals surface area contributed by atoms with E-state index in [9.17, 15) is 0 Å². The number of para-hydroxylation sites is 1. The van der Waals surface area contributed by atoms with Gasteiger partial charge in [0.1, 0.15) is 5.52 Å². The first kappa shape index (κ1) is 9.98. The number of nitrogens with zero attached hydrogens (tertiary/aromatic N) is 1. The molecule has 0 bridgehead atoms. The fourth-order valence-electron chi connectivity index (χ4n) is 1.42. The number of aromatic nitrogens is 1. The Balaban J connectivity index is 2.35. The molecule has 0 aliphatic rings.